The molecule has 3 amide bonds. The maximum atomic E-state index is 12.6. The van der Waals surface area contributed by atoms with Gasteiger partial charge >= 0.3 is 0 Å². The van der Waals surface area contributed by atoms with E-state index >= 15 is 0 Å². The van der Waals surface area contributed by atoms with E-state index in [1.54, 1.807) is 9.80 Å². The smallest absolute Gasteiger partial charge is 0.240 e. The third-order valence-electron chi connectivity index (χ3n) is 11.2. The Morgan fingerprint density at radius 1 is 0.694 bits per heavy atom. The van der Waals surface area contributed by atoms with Crippen LogP contribution < -0.4 is 5.73 Å². The summed E-state index contributed by atoms with van der Waals surface area (Å²) in [7, 11) is 0. The molecule has 4 rings (SSSR count). The first-order valence-corrected chi connectivity index (χ1v) is 20.0. The van der Waals surface area contributed by atoms with E-state index in [9.17, 15) is 28.8 Å². The molecule has 0 radical (unpaired) electrons. The van der Waals surface area contributed by atoms with E-state index < -0.39 is 5.91 Å². The van der Waals surface area contributed by atoms with Crippen LogP contribution in [0, 0.1) is 23.7 Å². The molecule has 0 spiro atoms. The molecule has 9 nitrogen and oxygen atoms in total. The molecule has 10 heteroatoms. The predicted octanol–water partition coefficient (Wildman–Crippen LogP) is 7.53. The fourth-order valence-corrected chi connectivity index (χ4v) is 8.28. The minimum absolute atomic E-state index is 0.0204. The molecule has 4 fully saturated rings. The molecule has 4 aliphatic rings. The van der Waals surface area contributed by atoms with Crippen molar-refractivity contribution in [2.75, 3.05) is 13.1 Å². The number of hydrogen-bond acceptors (Lipinski definition) is 6. The number of Topliss-reactive ketones (excluding diaryl/α,β-unsaturated/α-hetero) is 2. The molecule has 2 aliphatic heterocycles. The molecule has 0 bridgehead atoms. The lowest BCUT2D eigenvalue weighted by atomic mass is 9.77. The molecule has 2 N–H and O–H groups in total. The first-order valence-electron chi connectivity index (χ1n) is 19.6. The summed E-state index contributed by atoms with van der Waals surface area (Å²) in [6, 6.07) is -0.773. The van der Waals surface area contributed by atoms with Gasteiger partial charge in [-0.05, 0) is 100 Å². The minimum Gasteiger partial charge on any atom is -0.368 e. The quantitative estimate of drug-likeness (QED) is 0.130. The number of primary amides is 1. The monoisotopic (exact) mass is 707 g/mol. The molecule has 2 saturated carbocycles. The summed E-state index contributed by atoms with van der Waals surface area (Å²) in [4.78, 5) is 73.2. The van der Waals surface area contributed by atoms with Gasteiger partial charge in [-0.15, -0.1) is 0 Å². The van der Waals surface area contributed by atoms with E-state index in [0.29, 0.717) is 38.8 Å². The Morgan fingerprint density at radius 2 is 1.12 bits per heavy atom. The van der Waals surface area contributed by atoms with Crippen molar-refractivity contribution in [1.82, 2.24) is 9.80 Å². The molecule has 2 aliphatic carbocycles. The average Bonchev–Trinajstić information content (AvgIpc) is 3.71. The molecule has 280 valence electrons. The minimum atomic E-state index is -0.396. The van der Waals surface area contributed by atoms with Crippen LogP contribution in [-0.2, 0) is 28.8 Å². The maximum Gasteiger partial charge on any atom is 0.240 e. The summed E-state index contributed by atoms with van der Waals surface area (Å²) >= 11 is 5.47. The lowest BCUT2D eigenvalue weighted by Crippen LogP contribution is -2.44. The first kappa shape index (κ1) is 42.9. The highest BCUT2D eigenvalue weighted by Crippen LogP contribution is 2.34. The van der Waals surface area contributed by atoms with E-state index in [1.165, 1.54) is 51.4 Å². The highest BCUT2D eigenvalue weighted by atomic mass is 35.5. The van der Waals surface area contributed by atoms with Crippen LogP contribution in [0.3, 0.4) is 0 Å². The number of hydrogen-bond donors (Lipinski definition) is 1. The van der Waals surface area contributed by atoms with Gasteiger partial charge in [0, 0.05) is 37.8 Å². The summed E-state index contributed by atoms with van der Waals surface area (Å²) in [5.74, 6) is 1.66. The van der Waals surface area contributed by atoms with Gasteiger partial charge in [-0.1, -0.05) is 66.2 Å². The zero-order valence-electron chi connectivity index (χ0n) is 31.0. The van der Waals surface area contributed by atoms with Crippen LogP contribution in [0.2, 0.25) is 0 Å². The Labute approximate surface area is 301 Å². The van der Waals surface area contributed by atoms with Crippen molar-refractivity contribution in [3.05, 3.63) is 0 Å². The Kier molecular flexibility index (Phi) is 20.3. The number of likely N-dealkylation sites (tertiary alicyclic amines) is 2. The Balaban J connectivity index is 0.000000281. The average molecular weight is 708 g/mol. The number of rotatable bonds is 16. The number of ketones is 2. The number of amides is 3. The number of carbonyl (C=O) groups is 6. The Hall–Kier alpha value is -2.29. The molecular formula is C39H66ClN3O6. The normalized spacial score (nSPS) is 25.1. The summed E-state index contributed by atoms with van der Waals surface area (Å²) in [6.45, 7) is 9.59. The van der Waals surface area contributed by atoms with Crippen LogP contribution in [-0.4, -0.2) is 69.5 Å². The first-order chi connectivity index (χ1) is 23.5. The standard InChI is InChI=1S/C20H33NO3.C11H19ClO.C8H14N2O2/c1-3-5-7-15-9-11-16(12-10-15)18(22)14-19(23)17(4-2)21-13-6-8-20(21)24;1-2-3-4-9-5-7-10(8-6-9)11(12)13;1-2-6(8(9)12)10-5-3-4-7(10)11/h15-17H,3-14H2,1-2H3;9-10H,2-8H2,1H3;6H,2-5H2,1H3,(H2,9,12)/t15?,16?,17-;;6-/m0.0/s1. The second-order valence-electron chi connectivity index (χ2n) is 14.8. The number of nitrogens with two attached hydrogens (primary N) is 1. The zero-order valence-corrected chi connectivity index (χ0v) is 31.8. The van der Waals surface area contributed by atoms with Crippen LogP contribution in [0.4, 0.5) is 0 Å². The predicted molar refractivity (Wildman–Crippen MR) is 195 cm³/mol. The lowest BCUT2D eigenvalue weighted by Gasteiger charge is -2.29. The number of unbranched alkanes of at least 4 members (excludes halogenated alkanes) is 2. The molecule has 0 aromatic heterocycles. The van der Waals surface area contributed by atoms with Gasteiger partial charge in [0.1, 0.15) is 11.8 Å². The molecule has 49 heavy (non-hydrogen) atoms. The van der Waals surface area contributed by atoms with E-state index in [0.717, 1.165) is 63.2 Å². The van der Waals surface area contributed by atoms with Crippen LogP contribution in [0.15, 0.2) is 0 Å². The van der Waals surface area contributed by atoms with Gasteiger partial charge in [0.25, 0.3) is 0 Å². The van der Waals surface area contributed by atoms with Gasteiger partial charge < -0.3 is 15.5 Å². The zero-order chi connectivity index (χ0) is 36.3. The van der Waals surface area contributed by atoms with Crippen LogP contribution in [0.25, 0.3) is 0 Å². The number of halogens is 1. The molecule has 0 aromatic carbocycles. The maximum absolute atomic E-state index is 12.6. The second-order valence-corrected chi connectivity index (χ2v) is 15.1. The van der Waals surface area contributed by atoms with Crippen molar-refractivity contribution in [2.24, 2.45) is 29.4 Å². The van der Waals surface area contributed by atoms with Crippen LogP contribution in [0.1, 0.15) is 163 Å². The lowest BCUT2D eigenvalue weighted by molar-refractivity contribution is -0.139. The second kappa shape index (κ2) is 23.2. The Morgan fingerprint density at radius 3 is 1.47 bits per heavy atom. The molecule has 2 atom stereocenters. The van der Waals surface area contributed by atoms with Crippen LogP contribution in [0.5, 0.6) is 0 Å². The Bertz CT molecular complexity index is 1070. The number of carbonyl (C=O) groups excluding carboxylic acids is 6. The summed E-state index contributed by atoms with van der Waals surface area (Å²) in [6.07, 6.45) is 20.4. The van der Waals surface area contributed by atoms with Crippen LogP contribution >= 0.6 is 11.6 Å². The fourth-order valence-electron chi connectivity index (χ4n) is 8.06. The molecule has 0 aromatic rings. The highest BCUT2D eigenvalue weighted by Gasteiger charge is 2.34. The van der Waals surface area contributed by atoms with Crippen molar-refractivity contribution >= 4 is 46.1 Å². The summed E-state index contributed by atoms with van der Waals surface area (Å²) in [5.41, 5.74) is 5.16. The number of nitrogens with zero attached hydrogens (tertiary/aromatic N) is 2. The van der Waals surface area contributed by atoms with E-state index in [-0.39, 0.29) is 59.0 Å². The van der Waals surface area contributed by atoms with Crippen molar-refractivity contribution in [1.29, 1.82) is 0 Å². The van der Waals surface area contributed by atoms with Gasteiger partial charge in [-0.2, -0.15) is 0 Å². The van der Waals surface area contributed by atoms with Crippen molar-refractivity contribution in [2.45, 2.75) is 175 Å². The van der Waals surface area contributed by atoms with Crippen molar-refractivity contribution < 1.29 is 28.8 Å². The van der Waals surface area contributed by atoms with Crippen molar-refractivity contribution in [3.8, 4) is 0 Å². The van der Waals surface area contributed by atoms with Gasteiger partial charge in [-0.3, -0.25) is 28.8 Å². The van der Waals surface area contributed by atoms with Gasteiger partial charge in [0.05, 0.1) is 12.5 Å². The fraction of sp³-hybridized carbons (Fsp3) is 0.846. The van der Waals surface area contributed by atoms with Gasteiger partial charge in [0.2, 0.25) is 23.0 Å². The van der Waals surface area contributed by atoms with E-state index in [2.05, 4.69) is 13.8 Å². The third-order valence-corrected chi connectivity index (χ3v) is 11.5. The summed E-state index contributed by atoms with van der Waals surface area (Å²) < 4.78 is 0. The SMILES string of the molecule is CCCCC1CCC(C(=O)CC(=O)[C@H](CC)N2CCCC2=O)CC1.CCCCC1CCC(C(=O)Cl)CC1.CC[C@@H](C(N)=O)N1CCCC1=O. The highest BCUT2D eigenvalue weighted by molar-refractivity contribution is 6.63. The third kappa shape index (κ3) is 14.5. The van der Waals surface area contributed by atoms with Gasteiger partial charge in [-0.25, -0.2) is 0 Å². The topological polar surface area (TPSA) is 135 Å². The van der Waals surface area contributed by atoms with E-state index in [1.807, 2.05) is 13.8 Å². The summed E-state index contributed by atoms with van der Waals surface area (Å²) in [5, 5.41) is -0.117. The molecular weight excluding hydrogens is 642 g/mol. The van der Waals surface area contributed by atoms with E-state index in [4.69, 9.17) is 17.3 Å². The molecule has 2 saturated heterocycles. The molecule has 0 unspecified atom stereocenters. The molecule has 2 heterocycles. The van der Waals surface area contributed by atoms with Crippen molar-refractivity contribution in [3.63, 3.8) is 0 Å². The largest absolute Gasteiger partial charge is 0.368 e. The van der Waals surface area contributed by atoms with Gasteiger partial charge in [0.15, 0.2) is 5.78 Å².